The highest BCUT2D eigenvalue weighted by Crippen LogP contribution is 2.41. The van der Waals surface area contributed by atoms with Gasteiger partial charge in [0.15, 0.2) is 0 Å². The Bertz CT molecular complexity index is 450. The summed E-state index contributed by atoms with van der Waals surface area (Å²) in [6, 6.07) is 3.55. The highest BCUT2D eigenvalue weighted by molar-refractivity contribution is 9.10. The number of aromatic nitrogens is 1. The number of halogens is 4. The Labute approximate surface area is 130 Å². The molecule has 3 atom stereocenters. The van der Waals surface area contributed by atoms with Crippen LogP contribution in [0.5, 0.6) is 0 Å². The fourth-order valence-electron chi connectivity index (χ4n) is 3.00. The first kappa shape index (κ1) is 16.7. The number of hydrogen-bond acceptors (Lipinski definition) is 3. The van der Waals surface area contributed by atoms with E-state index in [0.717, 1.165) is 16.6 Å². The van der Waals surface area contributed by atoms with Gasteiger partial charge in [-0.15, -0.1) is 0 Å². The highest BCUT2D eigenvalue weighted by Gasteiger charge is 2.43. The number of rotatable bonds is 4. The summed E-state index contributed by atoms with van der Waals surface area (Å²) in [4.78, 5) is 4.26. The second-order valence-corrected chi connectivity index (χ2v) is 6.53. The van der Waals surface area contributed by atoms with Crippen LogP contribution in [0.2, 0.25) is 0 Å². The molecule has 1 aliphatic rings. The molecule has 1 aromatic heterocycles. The van der Waals surface area contributed by atoms with Crippen molar-refractivity contribution in [3.8, 4) is 0 Å². The molecule has 2 rings (SSSR count). The standard InChI is InChI=1S/C14H19BrF3N3/c15-11-4-5-12(20-8-11)7-13(21-19)9-2-1-3-10(6-9)14(16,17)18/h4-5,8-10,13,21H,1-3,6-7,19H2. The van der Waals surface area contributed by atoms with Gasteiger partial charge in [0, 0.05) is 28.8 Å². The summed E-state index contributed by atoms with van der Waals surface area (Å²) >= 11 is 3.31. The monoisotopic (exact) mass is 365 g/mol. The average Bonchev–Trinajstić information content (AvgIpc) is 2.46. The van der Waals surface area contributed by atoms with E-state index in [1.54, 1.807) is 6.20 Å². The Morgan fingerprint density at radius 2 is 2.14 bits per heavy atom. The molecular weight excluding hydrogens is 347 g/mol. The molecule has 0 radical (unpaired) electrons. The summed E-state index contributed by atoms with van der Waals surface area (Å²) < 4.78 is 39.5. The van der Waals surface area contributed by atoms with Crippen LogP contribution in [0.25, 0.3) is 0 Å². The largest absolute Gasteiger partial charge is 0.391 e. The van der Waals surface area contributed by atoms with Crippen LogP contribution in [0.3, 0.4) is 0 Å². The van der Waals surface area contributed by atoms with Gasteiger partial charge < -0.3 is 0 Å². The van der Waals surface area contributed by atoms with Crippen LogP contribution in [0.4, 0.5) is 13.2 Å². The van der Waals surface area contributed by atoms with E-state index in [4.69, 9.17) is 5.84 Å². The zero-order valence-electron chi connectivity index (χ0n) is 11.5. The summed E-state index contributed by atoms with van der Waals surface area (Å²) in [5.74, 6) is 4.30. The van der Waals surface area contributed by atoms with Gasteiger partial charge in [-0.05, 0) is 53.2 Å². The molecule has 21 heavy (non-hydrogen) atoms. The molecule has 1 aromatic rings. The van der Waals surface area contributed by atoms with Crippen LogP contribution < -0.4 is 11.3 Å². The molecule has 3 nitrogen and oxygen atoms in total. The summed E-state index contributed by atoms with van der Waals surface area (Å²) in [5.41, 5.74) is 3.52. The van der Waals surface area contributed by atoms with Gasteiger partial charge in [0.1, 0.15) is 0 Å². The third kappa shape index (κ3) is 4.66. The van der Waals surface area contributed by atoms with E-state index in [9.17, 15) is 13.2 Å². The topological polar surface area (TPSA) is 50.9 Å². The molecule has 118 valence electrons. The Kier molecular flexibility index (Phi) is 5.62. The molecule has 0 aromatic carbocycles. The van der Waals surface area contributed by atoms with E-state index in [2.05, 4.69) is 26.3 Å². The van der Waals surface area contributed by atoms with Crippen LogP contribution >= 0.6 is 15.9 Å². The van der Waals surface area contributed by atoms with Crippen molar-refractivity contribution >= 4 is 15.9 Å². The Morgan fingerprint density at radius 3 is 2.71 bits per heavy atom. The van der Waals surface area contributed by atoms with Crippen molar-refractivity contribution in [3.05, 3.63) is 28.5 Å². The molecule has 0 spiro atoms. The van der Waals surface area contributed by atoms with Gasteiger partial charge in [-0.1, -0.05) is 6.42 Å². The molecule has 1 heterocycles. The maximum absolute atomic E-state index is 12.9. The van der Waals surface area contributed by atoms with Gasteiger partial charge in [0.05, 0.1) is 5.92 Å². The Hall–Kier alpha value is -0.660. The average molecular weight is 366 g/mol. The number of alkyl halides is 3. The quantitative estimate of drug-likeness (QED) is 0.633. The molecule has 0 saturated heterocycles. The minimum atomic E-state index is -4.10. The van der Waals surface area contributed by atoms with E-state index in [1.165, 1.54) is 0 Å². The van der Waals surface area contributed by atoms with Gasteiger partial charge in [-0.3, -0.25) is 16.3 Å². The predicted octanol–water partition coefficient (Wildman–Crippen LogP) is 3.59. The molecule has 3 unspecified atom stereocenters. The maximum atomic E-state index is 12.9. The first-order valence-corrected chi connectivity index (χ1v) is 7.82. The lowest BCUT2D eigenvalue weighted by molar-refractivity contribution is -0.186. The van der Waals surface area contributed by atoms with Gasteiger partial charge >= 0.3 is 6.18 Å². The third-order valence-corrected chi connectivity index (χ3v) is 4.65. The van der Waals surface area contributed by atoms with Gasteiger partial charge in [-0.2, -0.15) is 13.2 Å². The maximum Gasteiger partial charge on any atom is 0.391 e. The van der Waals surface area contributed by atoms with Crippen LogP contribution in [0, 0.1) is 11.8 Å². The Balaban J connectivity index is 2.01. The molecule has 3 N–H and O–H groups in total. The van der Waals surface area contributed by atoms with E-state index in [-0.39, 0.29) is 24.8 Å². The lowest BCUT2D eigenvalue weighted by Gasteiger charge is -2.35. The molecule has 0 aliphatic heterocycles. The van der Waals surface area contributed by atoms with Crippen LogP contribution in [0.15, 0.2) is 22.8 Å². The lowest BCUT2D eigenvalue weighted by Crippen LogP contribution is -2.45. The van der Waals surface area contributed by atoms with Crippen molar-refractivity contribution in [3.63, 3.8) is 0 Å². The number of pyridine rings is 1. The van der Waals surface area contributed by atoms with Crippen molar-refractivity contribution in [1.29, 1.82) is 0 Å². The first-order valence-electron chi connectivity index (χ1n) is 7.03. The predicted molar refractivity (Wildman–Crippen MR) is 78.3 cm³/mol. The molecule has 0 bridgehead atoms. The van der Waals surface area contributed by atoms with Crippen LogP contribution in [0.1, 0.15) is 31.4 Å². The zero-order valence-corrected chi connectivity index (χ0v) is 13.1. The highest BCUT2D eigenvalue weighted by atomic mass is 79.9. The summed E-state index contributed by atoms with van der Waals surface area (Å²) in [6.07, 6.45) is -0.128. The van der Waals surface area contributed by atoms with Gasteiger partial charge in [-0.25, -0.2) is 0 Å². The van der Waals surface area contributed by atoms with E-state index in [0.29, 0.717) is 12.8 Å². The molecule has 1 saturated carbocycles. The first-order chi connectivity index (χ1) is 9.90. The van der Waals surface area contributed by atoms with Crippen molar-refractivity contribution in [2.24, 2.45) is 17.7 Å². The van der Waals surface area contributed by atoms with Crippen molar-refractivity contribution in [2.45, 2.75) is 44.3 Å². The molecule has 1 aliphatic carbocycles. The number of nitrogens with zero attached hydrogens (tertiary/aromatic N) is 1. The number of nitrogens with two attached hydrogens (primary N) is 1. The molecule has 1 fully saturated rings. The fraction of sp³-hybridized carbons (Fsp3) is 0.643. The Morgan fingerprint density at radius 1 is 1.38 bits per heavy atom. The summed E-state index contributed by atoms with van der Waals surface area (Å²) in [7, 11) is 0. The van der Waals surface area contributed by atoms with Crippen LogP contribution in [-0.2, 0) is 6.42 Å². The molecule has 0 amide bonds. The second-order valence-electron chi connectivity index (χ2n) is 5.61. The number of nitrogens with one attached hydrogen (secondary N) is 1. The van der Waals surface area contributed by atoms with E-state index < -0.39 is 12.1 Å². The minimum Gasteiger partial charge on any atom is -0.271 e. The lowest BCUT2D eigenvalue weighted by atomic mass is 9.76. The normalized spacial score (nSPS) is 24.8. The third-order valence-electron chi connectivity index (χ3n) is 4.18. The minimum absolute atomic E-state index is 0.0687. The van der Waals surface area contributed by atoms with Crippen molar-refractivity contribution in [1.82, 2.24) is 10.4 Å². The second kappa shape index (κ2) is 7.07. The number of hydrazine groups is 1. The summed E-state index contributed by atoms with van der Waals surface area (Å²) in [5, 5.41) is 0. The van der Waals surface area contributed by atoms with E-state index >= 15 is 0 Å². The van der Waals surface area contributed by atoms with Gasteiger partial charge in [0.2, 0.25) is 0 Å². The van der Waals surface area contributed by atoms with Gasteiger partial charge in [0.25, 0.3) is 0 Å². The van der Waals surface area contributed by atoms with Crippen molar-refractivity contribution in [2.75, 3.05) is 0 Å². The fourth-order valence-corrected chi connectivity index (χ4v) is 3.24. The molecule has 7 heteroatoms. The molecular formula is C14H19BrF3N3. The zero-order chi connectivity index (χ0) is 15.5. The SMILES string of the molecule is NNC(Cc1ccc(Br)cn1)C1CCCC(C(F)(F)F)C1. The number of hydrogen-bond donors (Lipinski definition) is 2. The van der Waals surface area contributed by atoms with Crippen molar-refractivity contribution < 1.29 is 13.2 Å². The summed E-state index contributed by atoms with van der Waals surface area (Å²) in [6.45, 7) is 0. The van der Waals surface area contributed by atoms with E-state index in [1.807, 2.05) is 12.1 Å². The smallest absolute Gasteiger partial charge is 0.271 e. The van der Waals surface area contributed by atoms with Crippen LogP contribution in [-0.4, -0.2) is 17.2 Å².